The number of rotatable bonds is 6. The lowest BCUT2D eigenvalue weighted by Gasteiger charge is -2.06. The molecule has 0 bridgehead atoms. The van der Waals surface area contributed by atoms with Crippen molar-refractivity contribution in [1.82, 2.24) is 9.55 Å². The molecule has 0 saturated heterocycles. The van der Waals surface area contributed by atoms with Gasteiger partial charge in [0.15, 0.2) is 5.69 Å². The van der Waals surface area contributed by atoms with Gasteiger partial charge >= 0.3 is 11.9 Å². The summed E-state index contributed by atoms with van der Waals surface area (Å²) < 4.78 is 1.75. The fourth-order valence-corrected chi connectivity index (χ4v) is 1.98. The highest BCUT2D eigenvalue weighted by atomic mass is 32.1. The van der Waals surface area contributed by atoms with Crippen LogP contribution in [-0.2, 0) is 29.5 Å². The van der Waals surface area contributed by atoms with Gasteiger partial charge in [-0.3, -0.25) is 9.59 Å². The van der Waals surface area contributed by atoms with Gasteiger partial charge in [-0.15, -0.1) is 0 Å². The predicted octanol–water partition coefficient (Wildman–Crippen LogP) is -0.146. The van der Waals surface area contributed by atoms with Crippen LogP contribution in [0.2, 0.25) is 0 Å². The summed E-state index contributed by atoms with van der Waals surface area (Å²) in [6, 6.07) is 5.03. The average Bonchev–Trinajstić information content (AvgIpc) is 3.00. The monoisotopic (exact) mass is 411 g/mol. The number of aryl methyl sites for hydroxylation is 1. The summed E-state index contributed by atoms with van der Waals surface area (Å²) in [5.41, 5.74) is 12.6. The zero-order valence-electron chi connectivity index (χ0n) is 15.2. The van der Waals surface area contributed by atoms with Crippen molar-refractivity contribution in [2.45, 2.75) is 24.9 Å². The maximum absolute atomic E-state index is 10.5. The minimum Gasteiger partial charge on any atom is -0.480 e. The first-order valence-electron chi connectivity index (χ1n) is 7.63. The molecule has 11 heteroatoms. The Kier molecular flexibility index (Phi) is 13.0. The molecule has 154 valence electrons. The van der Waals surface area contributed by atoms with E-state index in [0.717, 1.165) is 5.56 Å². The molecule has 10 nitrogen and oxygen atoms in total. The van der Waals surface area contributed by atoms with Gasteiger partial charge in [0.2, 0.25) is 0 Å². The van der Waals surface area contributed by atoms with Crippen molar-refractivity contribution < 1.29 is 25.3 Å². The third-order valence-corrected chi connectivity index (χ3v) is 3.32. The Morgan fingerprint density at radius 2 is 1.79 bits per heavy atom. The highest BCUT2D eigenvalue weighted by Gasteiger charge is 2.13. The van der Waals surface area contributed by atoms with Gasteiger partial charge in [-0.2, -0.15) is 13.5 Å². The highest BCUT2D eigenvalue weighted by Crippen LogP contribution is 2.14. The number of aliphatic carboxylic acids is 2. The molecule has 28 heavy (non-hydrogen) atoms. The summed E-state index contributed by atoms with van der Waals surface area (Å²) in [6.07, 6.45) is 3.89. The summed E-state index contributed by atoms with van der Waals surface area (Å²) in [5.74, 6) is -2.03. The molecule has 0 aliphatic carbocycles. The molecule has 1 heterocycles. The Hall–Kier alpha value is -2.91. The van der Waals surface area contributed by atoms with E-state index in [1.165, 1.54) is 0 Å². The molecule has 2 atom stereocenters. The third-order valence-electron chi connectivity index (χ3n) is 3.32. The quantitative estimate of drug-likeness (QED) is 0.477. The highest BCUT2D eigenvalue weighted by molar-refractivity contribution is 7.59. The third kappa shape index (κ3) is 9.70. The van der Waals surface area contributed by atoms with Gasteiger partial charge in [0.1, 0.15) is 12.1 Å². The Bertz CT molecular complexity index is 805. The average molecular weight is 411 g/mol. The van der Waals surface area contributed by atoms with Crippen molar-refractivity contribution in [2.24, 2.45) is 18.5 Å². The largest absolute Gasteiger partial charge is 0.480 e. The minimum atomic E-state index is -1.03. The van der Waals surface area contributed by atoms with Crippen molar-refractivity contribution in [2.75, 3.05) is 0 Å². The maximum atomic E-state index is 10.5. The van der Waals surface area contributed by atoms with Crippen LogP contribution >= 0.6 is 13.5 Å². The molecule has 2 rings (SSSR count). The van der Waals surface area contributed by atoms with Crippen LogP contribution in [0.1, 0.15) is 11.3 Å². The molecular formula is C17H25N5O5S. The second-order valence-electron chi connectivity index (χ2n) is 5.61. The number of nitrogens with zero attached hydrogens (tertiary/aromatic N) is 3. The number of benzene rings is 1. The van der Waals surface area contributed by atoms with Crippen molar-refractivity contribution in [3.8, 4) is 0 Å². The van der Waals surface area contributed by atoms with Gasteiger partial charge < -0.3 is 31.7 Å². The van der Waals surface area contributed by atoms with Crippen LogP contribution < -0.4 is 11.5 Å². The summed E-state index contributed by atoms with van der Waals surface area (Å²) in [5, 5.41) is 17.1. The van der Waals surface area contributed by atoms with Crippen molar-refractivity contribution >= 4 is 31.1 Å². The molecule has 1 aromatic carbocycles. The number of hydrogen-bond acceptors (Lipinski definition) is 5. The summed E-state index contributed by atoms with van der Waals surface area (Å²) >= 11 is 0. The van der Waals surface area contributed by atoms with Gasteiger partial charge in [0.05, 0.1) is 18.6 Å². The number of imidazole rings is 1. The lowest BCUT2D eigenvalue weighted by Crippen LogP contribution is -2.32. The fourth-order valence-electron chi connectivity index (χ4n) is 1.98. The van der Waals surface area contributed by atoms with Gasteiger partial charge in [-0.25, -0.2) is 9.83 Å². The lowest BCUT2D eigenvalue weighted by atomic mass is 10.1. The SMILES string of the molecule is Cn1cnc(C[C@H](N)C(=O)O)c1.O.S.[C-]#[N+]c1cccc(CC(N)C(=O)O)c1. The molecule has 0 aliphatic heterocycles. The molecule has 8 N–H and O–H groups in total. The van der Waals surface area contributed by atoms with Crippen LogP contribution in [0.15, 0.2) is 36.8 Å². The molecule has 0 radical (unpaired) electrons. The van der Waals surface area contributed by atoms with Crippen LogP contribution in [0.5, 0.6) is 0 Å². The molecule has 1 aromatic heterocycles. The van der Waals surface area contributed by atoms with Crippen LogP contribution in [0.3, 0.4) is 0 Å². The Morgan fingerprint density at radius 1 is 1.21 bits per heavy atom. The first-order valence-corrected chi connectivity index (χ1v) is 7.63. The number of hydrogen-bond donors (Lipinski definition) is 4. The van der Waals surface area contributed by atoms with Crippen LogP contribution in [-0.4, -0.2) is 49.3 Å². The molecule has 1 unspecified atom stereocenters. The Labute approximate surface area is 169 Å². The fraction of sp³-hybridized carbons (Fsp3) is 0.294. The van der Waals surface area contributed by atoms with E-state index < -0.39 is 24.0 Å². The van der Waals surface area contributed by atoms with E-state index in [1.54, 1.807) is 41.4 Å². The molecule has 0 saturated carbocycles. The topological polar surface area (TPSA) is 180 Å². The van der Waals surface area contributed by atoms with E-state index in [4.69, 9.17) is 28.3 Å². The van der Waals surface area contributed by atoms with E-state index in [0.29, 0.717) is 11.4 Å². The minimum absolute atomic E-state index is 0. The number of carbonyl (C=O) groups is 2. The van der Waals surface area contributed by atoms with Crippen LogP contribution in [0.4, 0.5) is 5.69 Å². The van der Waals surface area contributed by atoms with Crippen molar-refractivity contribution in [1.29, 1.82) is 0 Å². The second-order valence-corrected chi connectivity index (χ2v) is 5.61. The smallest absolute Gasteiger partial charge is 0.320 e. The normalized spacial score (nSPS) is 11.4. The van der Waals surface area contributed by atoms with E-state index in [1.807, 2.05) is 7.05 Å². The molecule has 0 amide bonds. The molecule has 2 aromatic rings. The number of aromatic nitrogens is 2. The van der Waals surface area contributed by atoms with Crippen LogP contribution in [0, 0.1) is 6.57 Å². The van der Waals surface area contributed by atoms with E-state index >= 15 is 0 Å². The molecule has 0 aliphatic rings. The molecule has 0 spiro atoms. The molecule has 0 fully saturated rings. The zero-order chi connectivity index (χ0) is 19.7. The van der Waals surface area contributed by atoms with E-state index in [-0.39, 0.29) is 31.8 Å². The predicted molar refractivity (Wildman–Crippen MR) is 109 cm³/mol. The summed E-state index contributed by atoms with van der Waals surface area (Å²) in [7, 11) is 1.82. The van der Waals surface area contributed by atoms with Gasteiger partial charge in [0, 0.05) is 19.7 Å². The van der Waals surface area contributed by atoms with Crippen molar-refractivity contribution in [3.05, 3.63) is 59.5 Å². The molecular weight excluding hydrogens is 386 g/mol. The maximum Gasteiger partial charge on any atom is 0.320 e. The zero-order valence-corrected chi connectivity index (χ0v) is 16.2. The number of nitrogens with two attached hydrogens (primary N) is 2. The Balaban J connectivity index is 0. The Morgan fingerprint density at radius 3 is 2.25 bits per heavy atom. The van der Waals surface area contributed by atoms with Gasteiger partial charge in [-0.05, 0) is 6.42 Å². The van der Waals surface area contributed by atoms with Crippen molar-refractivity contribution in [3.63, 3.8) is 0 Å². The van der Waals surface area contributed by atoms with Crippen LogP contribution in [0.25, 0.3) is 4.85 Å². The van der Waals surface area contributed by atoms with Gasteiger partial charge in [0.25, 0.3) is 0 Å². The first kappa shape index (κ1) is 27.3. The first-order chi connectivity index (χ1) is 12.2. The van der Waals surface area contributed by atoms with Gasteiger partial charge in [-0.1, -0.05) is 29.8 Å². The second kappa shape index (κ2) is 13.3. The lowest BCUT2D eigenvalue weighted by molar-refractivity contribution is -0.139. The van der Waals surface area contributed by atoms with E-state index in [9.17, 15) is 9.59 Å². The standard InChI is InChI=1S/C10H10N2O2.C7H11N3O2.H2O.H2S/c1-12-8-4-2-3-7(5-8)6-9(11)10(13)14;1-10-3-5(9-4-10)2-6(8)7(11)12;;/h2-5,9H,6,11H2,(H,13,14);3-4,6H,2,8H2,1H3,(H,11,12);2*1H2/t;6-;;/m.0../s1. The van der Waals surface area contributed by atoms with E-state index in [2.05, 4.69) is 9.83 Å². The number of carboxylic acids is 2. The number of carboxylic acid groups (broad SMARTS) is 2. The summed E-state index contributed by atoms with van der Waals surface area (Å²) in [4.78, 5) is 28.0. The summed E-state index contributed by atoms with van der Waals surface area (Å²) in [6.45, 7) is 6.78.